The molecule has 1 saturated heterocycles. The third kappa shape index (κ3) is 3.98. The van der Waals surface area contributed by atoms with E-state index in [-0.39, 0.29) is 5.91 Å². The average molecular weight is 422 g/mol. The van der Waals surface area contributed by atoms with Crippen LogP contribution in [0, 0.1) is 11.8 Å². The van der Waals surface area contributed by atoms with E-state index in [4.69, 9.17) is 11.6 Å². The molecule has 2 aromatic carbocycles. The number of carbonyl (C=O) groups is 1. The second kappa shape index (κ2) is 8.20. The molecular weight excluding hydrogens is 398 g/mol. The van der Waals surface area contributed by atoms with Crippen LogP contribution in [-0.2, 0) is 26.1 Å². The van der Waals surface area contributed by atoms with E-state index in [1.54, 1.807) is 0 Å². The molecule has 0 unspecified atom stereocenters. The first-order valence-corrected chi connectivity index (χ1v) is 10.7. The topological polar surface area (TPSA) is 63.1 Å². The van der Waals surface area contributed by atoms with Crippen molar-refractivity contribution in [2.45, 2.75) is 26.1 Å². The van der Waals surface area contributed by atoms with Crippen LogP contribution >= 0.6 is 11.6 Å². The van der Waals surface area contributed by atoms with Crippen molar-refractivity contribution in [3.63, 3.8) is 0 Å². The van der Waals surface area contributed by atoms with Gasteiger partial charge in [-0.15, -0.1) is 10.2 Å². The SMILES string of the molecule is O=C(NCc1ccccc1)c1nnc2n1C[C@H]1CN(Cc3ccc(Cl)cc3)C[C@H]1C2. The van der Waals surface area contributed by atoms with Gasteiger partial charge in [-0.3, -0.25) is 9.69 Å². The number of likely N-dealkylation sites (tertiary alicyclic amines) is 1. The summed E-state index contributed by atoms with van der Waals surface area (Å²) in [4.78, 5) is 15.2. The fourth-order valence-corrected chi connectivity index (χ4v) is 4.75. The van der Waals surface area contributed by atoms with E-state index in [2.05, 4.69) is 32.5 Å². The van der Waals surface area contributed by atoms with Gasteiger partial charge in [-0.2, -0.15) is 0 Å². The minimum absolute atomic E-state index is 0.160. The van der Waals surface area contributed by atoms with Gasteiger partial charge in [-0.05, 0) is 35.1 Å². The van der Waals surface area contributed by atoms with Gasteiger partial charge in [0, 0.05) is 44.2 Å². The molecule has 0 bridgehead atoms. The summed E-state index contributed by atoms with van der Waals surface area (Å²) in [5.74, 6) is 2.27. The number of fused-ring (bicyclic) bond motifs is 2. The number of rotatable bonds is 5. The van der Waals surface area contributed by atoms with E-state index in [1.165, 1.54) is 5.56 Å². The van der Waals surface area contributed by atoms with Gasteiger partial charge in [0.2, 0.25) is 5.82 Å². The van der Waals surface area contributed by atoms with Crippen LogP contribution in [0.5, 0.6) is 0 Å². The van der Waals surface area contributed by atoms with Gasteiger partial charge >= 0.3 is 0 Å². The van der Waals surface area contributed by atoms with Gasteiger partial charge in [-0.1, -0.05) is 54.1 Å². The molecule has 154 valence electrons. The van der Waals surface area contributed by atoms with Crippen LogP contribution in [0.3, 0.4) is 0 Å². The van der Waals surface area contributed by atoms with Crippen LogP contribution in [0.2, 0.25) is 5.02 Å². The Hall–Kier alpha value is -2.70. The highest BCUT2D eigenvalue weighted by atomic mass is 35.5. The number of hydrogen-bond donors (Lipinski definition) is 1. The molecule has 0 radical (unpaired) electrons. The summed E-state index contributed by atoms with van der Waals surface area (Å²) in [6.07, 6.45) is 0.876. The van der Waals surface area contributed by atoms with Crippen LogP contribution in [0.1, 0.15) is 27.6 Å². The first kappa shape index (κ1) is 19.3. The molecule has 5 rings (SSSR count). The smallest absolute Gasteiger partial charge is 0.289 e. The predicted molar refractivity (Wildman–Crippen MR) is 115 cm³/mol. The van der Waals surface area contributed by atoms with Gasteiger partial charge in [-0.25, -0.2) is 0 Å². The van der Waals surface area contributed by atoms with E-state index in [0.717, 1.165) is 49.0 Å². The van der Waals surface area contributed by atoms with Crippen molar-refractivity contribution in [3.8, 4) is 0 Å². The Labute approximate surface area is 180 Å². The summed E-state index contributed by atoms with van der Waals surface area (Å²) in [7, 11) is 0. The molecule has 7 heteroatoms. The molecule has 6 nitrogen and oxygen atoms in total. The van der Waals surface area contributed by atoms with E-state index >= 15 is 0 Å². The summed E-state index contributed by atoms with van der Waals surface area (Å²) in [5, 5.41) is 12.3. The van der Waals surface area contributed by atoms with Gasteiger partial charge < -0.3 is 9.88 Å². The lowest BCUT2D eigenvalue weighted by atomic mass is 9.89. The van der Waals surface area contributed by atoms with Crippen LogP contribution < -0.4 is 5.32 Å². The zero-order valence-corrected chi connectivity index (χ0v) is 17.4. The normalized spacial score (nSPS) is 20.6. The Kier molecular flexibility index (Phi) is 5.27. The zero-order chi connectivity index (χ0) is 20.5. The largest absolute Gasteiger partial charge is 0.345 e. The lowest BCUT2D eigenvalue weighted by Gasteiger charge is -2.25. The van der Waals surface area contributed by atoms with Crippen LogP contribution in [0.4, 0.5) is 0 Å². The molecule has 2 atom stereocenters. The standard InChI is InChI=1S/C23H24ClN5O/c24-20-8-6-17(7-9-20)12-28-13-18-10-21-26-27-22(29(21)15-19(18)14-28)23(30)25-11-16-4-2-1-3-5-16/h1-9,18-19H,10-15H2,(H,25,30)/t18-,19-/m1/s1. The fraction of sp³-hybridized carbons (Fsp3) is 0.348. The second-order valence-electron chi connectivity index (χ2n) is 8.26. The van der Waals surface area contributed by atoms with Gasteiger partial charge in [0.05, 0.1) is 0 Å². The number of hydrogen-bond acceptors (Lipinski definition) is 4. The second-order valence-corrected chi connectivity index (χ2v) is 8.70. The average Bonchev–Trinajstić information content (AvgIpc) is 3.35. The lowest BCUT2D eigenvalue weighted by Crippen LogP contribution is -2.32. The highest BCUT2D eigenvalue weighted by Gasteiger charge is 2.39. The number of nitrogens with one attached hydrogen (secondary N) is 1. The van der Waals surface area contributed by atoms with E-state index in [0.29, 0.717) is 24.2 Å². The van der Waals surface area contributed by atoms with Crippen molar-refractivity contribution in [2.24, 2.45) is 11.8 Å². The van der Waals surface area contributed by atoms with Crippen molar-refractivity contribution >= 4 is 17.5 Å². The molecule has 1 fully saturated rings. The first-order valence-electron chi connectivity index (χ1n) is 10.4. The van der Waals surface area contributed by atoms with Gasteiger partial charge in [0.25, 0.3) is 5.91 Å². The number of benzene rings is 2. The Morgan fingerprint density at radius 3 is 2.53 bits per heavy atom. The molecule has 1 N–H and O–H groups in total. The lowest BCUT2D eigenvalue weighted by molar-refractivity contribution is 0.0932. The van der Waals surface area contributed by atoms with Crippen molar-refractivity contribution in [1.82, 2.24) is 25.0 Å². The summed E-state index contributed by atoms with van der Waals surface area (Å²) >= 11 is 6.00. The number of aromatic nitrogens is 3. The summed E-state index contributed by atoms with van der Waals surface area (Å²) in [5.41, 5.74) is 2.34. The Morgan fingerprint density at radius 2 is 1.73 bits per heavy atom. The highest BCUT2D eigenvalue weighted by Crippen LogP contribution is 2.33. The molecule has 0 spiro atoms. The van der Waals surface area contributed by atoms with Crippen molar-refractivity contribution in [3.05, 3.63) is 82.4 Å². The van der Waals surface area contributed by atoms with E-state index in [9.17, 15) is 4.79 Å². The van der Waals surface area contributed by atoms with Gasteiger partial charge in [0.1, 0.15) is 5.82 Å². The van der Waals surface area contributed by atoms with Crippen LogP contribution in [-0.4, -0.2) is 38.7 Å². The summed E-state index contributed by atoms with van der Waals surface area (Å²) < 4.78 is 2.02. The molecule has 2 aliphatic heterocycles. The first-order chi connectivity index (χ1) is 14.7. The monoisotopic (exact) mass is 421 g/mol. The van der Waals surface area contributed by atoms with Crippen LogP contribution in [0.25, 0.3) is 0 Å². The molecule has 3 aromatic rings. The maximum atomic E-state index is 12.7. The summed E-state index contributed by atoms with van der Waals surface area (Å²) in [6.45, 7) is 4.29. The van der Waals surface area contributed by atoms with Crippen molar-refractivity contribution in [2.75, 3.05) is 13.1 Å². The molecule has 0 saturated carbocycles. The molecule has 3 heterocycles. The third-order valence-corrected chi connectivity index (χ3v) is 6.41. The molecule has 30 heavy (non-hydrogen) atoms. The van der Waals surface area contributed by atoms with Crippen molar-refractivity contribution < 1.29 is 4.79 Å². The fourth-order valence-electron chi connectivity index (χ4n) is 4.62. The molecular formula is C23H24ClN5O. The quantitative estimate of drug-likeness (QED) is 0.687. The van der Waals surface area contributed by atoms with Crippen LogP contribution in [0.15, 0.2) is 54.6 Å². The third-order valence-electron chi connectivity index (χ3n) is 6.16. The Bertz CT molecular complexity index is 1030. The molecule has 1 amide bonds. The number of nitrogens with zero attached hydrogens (tertiary/aromatic N) is 4. The minimum Gasteiger partial charge on any atom is -0.345 e. The maximum Gasteiger partial charge on any atom is 0.289 e. The number of carbonyl (C=O) groups excluding carboxylic acids is 1. The van der Waals surface area contributed by atoms with Gasteiger partial charge in [0.15, 0.2) is 0 Å². The van der Waals surface area contributed by atoms with E-state index in [1.807, 2.05) is 47.0 Å². The highest BCUT2D eigenvalue weighted by molar-refractivity contribution is 6.30. The van der Waals surface area contributed by atoms with Crippen molar-refractivity contribution in [1.29, 1.82) is 0 Å². The Balaban J connectivity index is 1.23. The Morgan fingerprint density at radius 1 is 0.967 bits per heavy atom. The number of halogens is 1. The summed E-state index contributed by atoms with van der Waals surface area (Å²) in [6, 6.07) is 18.0. The minimum atomic E-state index is -0.160. The number of amides is 1. The predicted octanol–water partition coefficient (Wildman–Crippen LogP) is 3.17. The van der Waals surface area contributed by atoms with E-state index < -0.39 is 0 Å². The molecule has 0 aliphatic carbocycles. The maximum absolute atomic E-state index is 12.7. The zero-order valence-electron chi connectivity index (χ0n) is 16.7. The molecule has 2 aliphatic rings. The molecule has 1 aromatic heterocycles.